The number of methoxy groups -OCH3 is 1. The van der Waals surface area contributed by atoms with Crippen molar-refractivity contribution in [2.45, 2.75) is 63.6 Å². The van der Waals surface area contributed by atoms with Gasteiger partial charge >= 0.3 is 6.03 Å². The Labute approximate surface area is 150 Å². The highest BCUT2D eigenvalue weighted by molar-refractivity contribution is 5.74. The summed E-state index contributed by atoms with van der Waals surface area (Å²) in [5, 5.41) is 3.11. The van der Waals surface area contributed by atoms with Gasteiger partial charge in [0.1, 0.15) is 5.75 Å². The van der Waals surface area contributed by atoms with Gasteiger partial charge in [0.25, 0.3) is 0 Å². The van der Waals surface area contributed by atoms with Crippen LogP contribution in [0.5, 0.6) is 5.75 Å². The molecule has 0 spiro atoms. The van der Waals surface area contributed by atoms with Crippen molar-refractivity contribution in [1.29, 1.82) is 0 Å². The predicted octanol–water partition coefficient (Wildman–Crippen LogP) is 3.72. The molecule has 0 unspecified atom stereocenters. The lowest BCUT2D eigenvalue weighted by Crippen LogP contribution is -2.47. The lowest BCUT2D eigenvalue weighted by Gasteiger charge is -2.31. The first kappa shape index (κ1) is 18.1. The van der Waals surface area contributed by atoms with Crippen molar-refractivity contribution in [3.63, 3.8) is 0 Å². The number of carbonyl (C=O) groups is 1. The second kappa shape index (κ2) is 9.09. The number of nitrogens with zero attached hydrogens (tertiary/aromatic N) is 1. The van der Waals surface area contributed by atoms with Crippen LogP contribution in [0.3, 0.4) is 0 Å². The summed E-state index contributed by atoms with van der Waals surface area (Å²) in [7, 11) is 1.68. The van der Waals surface area contributed by atoms with E-state index in [4.69, 9.17) is 9.47 Å². The van der Waals surface area contributed by atoms with E-state index in [0.29, 0.717) is 19.1 Å². The summed E-state index contributed by atoms with van der Waals surface area (Å²) < 4.78 is 11.2. The normalized spacial score (nSPS) is 21.1. The maximum Gasteiger partial charge on any atom is 0.318 e. The topological polar surface area (TPSA) is 50.8 Å². The van der Waals surface area contributed by atoms with Crippen molar-refractivity contribution in [1.82, 2.24) is 10.2 Å². The molecule has 1 aliphatic carbocycles. The van der Waals surface area contributed by atoms with E-state index in [0.717, 1.165) is 43.6 Å². The number of benzene rings is 1. The van der Waals surface area contributed by atoms with Crippen molar-refractivity contribution in [2.24, 2.45) is 0 Å². The van der Waals surface area contributed by atoms with Gasteiger partial charge in [0.2, 0.25) is 0 Å². The number of rotatable bonds is 6. The number of hydrogen-bond acceptors (Lipinski definition) is 3. The van der Waals surface area contributed by atoms with Crippen LogP contribution in [0.2, 0.25) is 0 Å². The van der Waals surface area contributed by atoms with Crippen molar-refractivity contribution in [3.8, 4) is 5.75 Å². The first-order valence-corrected chi connectivity index (χ1v) is 9.56. The smallest absolute Gasteiger partial charge is 0.318 e. The Kier molecular flexibility index (Phi) is 6.56. The van der Waals surface area contributed by atoms with E-state index in [1.807, 2.05) is 29.2 Å². The molecule has 1 saturated carbocycles. The average molecular weight is 346 g/mol. The Hall–Kier alpha value is -1.75. The van der Waals surface area contributed by atoms with Crippen LogP contribution in [-0.2, 0) is 11.3 Å². The van der Waals surface area contributed by atoms with Crippen LogP contribution in [-0.4, -0.2) is 43.3 Å². The molecule has 138 valence electrons. The zero-order valence-electron chi connectivity index (χ0n) is 15.2. The van der Waals surface area contributed by atoms with E-state index in [1.165, 1.54) is 19.3 Å². The number of amides is 2. The van der Waals surface area contributed by atoms with Crippen molar-refractivity contribution in [2.75, 3.05) is 20.3 Å². The SMILES string of the molecule is COc1ccccc1CN(C(=O)NC[C@H]1CCCCO1)C1CCCC1. The zero-order valence-corrected chi connectivity index (χ0v) is 15.2. The molecule has 1 aromatic carbocycles. The third-order valence-corrected chi connectivity index (χ3v) is 5.31. The van der Waals surface area contributed by atoms with Crippen molar-refractivity contribution >= 4 is 6.03 Å². The fourth-order valence-corrected chi connectivity index (χ4v) is 3.87. The van der Waals surface area contributed by atoms with Crippen LogP contribution in [0.1, 0.15) is 50.5 Å². The summed E-state index contributed by atoms with van der Waals surface area (Å²) in [4.78, 5) is 14.9. The van der Waals surface area contributed by atoms with E-state index in [9.17, 15) is 4.79 Å². The number of urea groups is 1. The molecular formula is C20H30N2O3. The van der Waals surface area contributed by atoms with Gasteiger partial charge in [-0.15, -0.1) is 0 Å². The molecule has 3 rings (SSSR count). The standard InChI is InChI=1S/C20H30N2O3/c1-24-19-12-5-2-8-16(19)15-22(17-9-3-4-10-17)20(23)21-14-18-11-6-7-13-25-18/h2,5,8,12,17-18H,3-4,6-7,9-11,13-15H2,1H3,(H,21,23)/t18-/m1/s1. The fraction of sp³-hybridized carbons (Fsp3) is 0.650. The summed E-state index contributed by atoms with van der Waals surface area (Å²) in [5.41, 5.74) is 1.06. The van der Waals surface area contributed by atoms with Crippen LogP contribution in [0.25, 0.3) is 0 Å². The first-order valence-electron chi connectivity index (χ1n) is 9.56. The zero-order chi connectivity index (χ0) is 17.5. The Morgan fingerprint density at radius 3 is 2.68 bits per heavy atom. The third-order valence-electron chi connectivity index (χ3n) is 5.31. The van der Waals surface area contributed by atoms with Gasteiger partial charge < -0.3 is 19.7 Å². The minimum absolute atomic E-state index is 0.0204. The molecular weight excluding hydrogens is 316 g/mol. The van der Waals surface area contributed by atoms with E-state index >= 15 is 0 Å². The van der Waals surface area contributed by atoms with Gasteiger partial charge in [0.05, 0.1) is 19.8 Å². The van der Waals surface area contributed by atoms with E-state index in [-0.39, 0.29) is 12.1 Å². The minimum Gasteiger partial charge on any atom is -0.496 e. The highest BCUT2D eigenvalue weighted by Crippen LogP contribution is 2.27. The Morgan fingerprint density at radius 2 is 1.96 bits per heavy atom. The number of hydrogen-bond donors (Lipinski definition) is 1. The molecule has 1 N–H and O–H groups in total. The lowest BCUT2D eigenvalue weighted by atomic mass is 10.1. The summed E-state index contributed by atoms with van der Waals surface area (Å²) in [6.07, 6.45) is 8.09. The number of ether oxygens (including phenoxy) is 2. The summed E-state index contributed by atoms with van der Waals surface area (Å²) in [6, 6.07) is 8.29. The molecule has 2 fully saturated rings. The molecule has 25 heavy (non-hydrogen) atoms. The molecule has 1 heterocycles. The van der Waals surface area contributed by atoms with E-state index in [2.05, 4.69) is 5.32 Å². The van der Waals surface area contributed by atoms with Crippen LogP contribution in [0.15, 0.2) is 24.3 Å². The average Bonchev–Trinajstić information content (AvgIpc) is 3.19. The second-order valence-corrected chi connectivity index (χ2v) is 7.05. The quantitative estimate of drug-likeness (QED) is 0.854. The molecule has 1 aliphatic heterocycles. The van der Waals surface area contributed by atoms with Crippen LogP contribution in [0.4, 0.5) is 4.79 Å². The first-order chi connectivity index (χ1) is 12.3. The Morgan fingerprint density at radius 1 is 1.20 bits per heavy atom. The Balaban J connectivity index is 1.64. The molecule has 1 aromatic rings. The molecule has 1 saturated heterocycles. The van der Waals surface area contributed by atoms with Gasteiger partial charge in [0, 0.05) is 24.8 Å². The maximum atomic E-state index is 12.9. The van der Waals surface area contributed by atoms with E-state index in [1.54, 1.807) is 7.11 Å². The van der Waals surface area contributed by atoms with E-state index < -0.39 is 0 Å². The van der Waals surface area contributed by atoms with Gasteiger partial charge in [0.15, 0.2) is 0 Å². The van der Waals surface area contributed by atoms with Gasteiger partial charge in [-0.3, -0.25) is 0 Å². The lowest BCUT2D eigenvalue weighted by molar-refractivity contribution is 0.0174. The van der Waals surface area contributed by atoms with Crippen LogP contribution in [0, 0.1) is 0 Å². The minimum atomic E-state index is 0.0204. The third kappa shape index (κ3) is 4.88. The fourth-order valence-electron chi connectivity index (χ4n) is 3.87. The summed E-state index contributed by atoms with van der Waals surface area (Å²) >= 11 is 0. The monoisotopic (exact) mass is 346 g/mol. The molecule has 5 nitrogen and oxygen atoms in total. The predicted molar refractivity (Wildman–Crippen MR) is 97.8 cm³/mol. The summed E-state index contributed by atoms with van der Waals surface area (Å²) in [5.74, 6) is 0.842. The summed E-state index contributed by atoms with van der Waals surface area (Å²) in [6.45, 7) is 2.01. The van der Waals surface area contributed by atoms with Crippen molar-refractivity contribution in [3.05, 3.63) is 29.8 Å². The molecule has 0 radical (unpaired) electrons. The molecule has 2 aliphatic rings. The molecule has 1 atom stereocenters. The number of carbonyl (C=O) groups excluding carboxylic acids is 1. The molecule has 0 bridgehead atoms. The second-order valence-electron chi connectivity index (χ2n) is 7.05. The molecule has 5 heteroatoms. The molecule has 2 amide bonds. The highest BCUT2D eigenvalue weighted by atomic mass is 16.5. The van der Waals surface area contributed by atoms with Gasteiger partial charge in [-0.25, -0.2) is 4.79 Å². The van der Waals surface area contributed by atoms with Gasteiger partial charge in [-0.2, -0.15) is 0 Å². The number of nitrogens with one attached hydrogen (secondary N) is 1. The van der Waals surface area contributed by atoms with Gasteiger partial charge in [-0.1, -0.05) is 31.0 Å². The molecule has 0 aromatic heterocycles. The Bertz CT molecular complexity index is 552. The highest BCUT2D eigenvalue weighted by Gasteiger charge is 2.28. The van der Waals surface area contributed by atoms with Crippen LogP contribution < -0.4 is 10.1 Å². The number of para-hydroxylation sites is 1. The van der Waals surface area contributed by atoms with Crippen molar-refractivity contribution < 1.29 is 14.3 Å². The van der Waals surface area contributed by atoms with Crippen LogP contribution >= 0.6 is 0 Å². The largest absolute Gasteiger partial charge is 0.496 e. The maximum absolute atomic E-state index is 12.9. The van der Waals surface area contributed by atoms with Gasteiger partial charge in [-0.05, 0) is 38.2 Å².